The van der Waals surface area contributed by atoms with Crippen LogP contribution in [-0.4, -0.2) is 35.4 Å². The Morgan fingerprint density at radius 1 is 1.43 bits per heavy atom. The van der Waals surface area contributed by atoms with Gasteiger partial charge in [0.1, 0.15) is 5.82 Å². The molecule has 1 aromatic heterocycles. The zero-order valence-electron chi connectivity index (χ0n) is 13.0. The summed E-state index contributed by atoms with van der Waals surface area (Å²) < 4.78 is 7.94. The minimum Gasteiger partial charge on any atom is -0.378 e. The highest BCUT2D eigenvalue weighted by atomic mass is 16.5. The first-order valence-corrected chi connectivity index (χ1v) is 7.97. The fraction of sp³-hybridized carbons (Fsp3) is 0.588. The normalized spacial score (nSPS) is 20.2. The Kier molecular flexibility index (Phi) is 4.56. The molecule has 21 heavy (non-hydrogen) atoms. The highest BCUT2D eigenvalue weighted by Crippen LogP contribution is 2.20. The first-order valence-electron chi connectivity index (χ1n) is 7.97. The number of rotatable bonds is 6. The minimum absolute atomic E-state index is 0.463. The molecule has 114 valence electrons. The van der Waals surface area contributed by atoms with E-state index in [9.17, 15) is 0 Å². The molecule has 1 saturated heterocycles. The number of likely N-dealkylation sites (N-methyl/N-ethyl adjacent to an activating group) is 1. The molecule has 1 fully saturated rings. The summed E-state index contributed by atoms with van der Waals surface area (Å²) in [5.41, 5.74) is 2.30. The van der Waals surface area contributed by atoms with Gasteiger partial charge in [-0.3, -0.25) is 0 Å². The fourth-order valence-corrected chi connectivity index (χ4v) is 3.21. The first-order chi connectivity index (χ1) is 10.3. The zero-order chi connectivity index (χ0) is 14.7. The Bertz CT molecular complexity index is 587. The molecule has 2 atom stereocenters. The average molecular weight is 287 g/mol. The van der Waals surface area contributed by atoms with Crippen LogP contribution in [0.3, 0.4) is 0 Å². The molecule has 1 aromatic carbocycles. The molecule has 0 radical (unpaired) electrons. The third-order valence-corrected chi connectivity index (χ3v) is 4.58. The molecule has 0 spiro atoms. The lowest BCUT2D eigenvalue weighted by molar-refractivity contribution is 0.0997. The number of hydrogen-bond donors (Lipinski definition) is 1. The summed E-state index contributed by atoms with van der Waals surface area (Å²) in [7, 11) is 4.15. The van der Waals surface area contributed by atoms with Crippen LogP contribution in [0.4, 0.5) is 0 Å². The van der Waals surface area contributed by atoms with Gasteiger partial charge >= 0.3 is 0 Å². The second kappa shape index (κ2) is 6.58. The summed E-state index contributed by atoms with van der Waals surface area (Å²) in [5.74, 6) is 1.16. The number of aryl methyl sites for hydroxylation is 1. The molecule has 0 aliphatic carbocycles. The van der Waals surface area contributed by atoms with Crippen LogP contribution in [0.15, 0.2) is 24.3 Å². The van der Waals surface area contributed by atoms with E-state index in [1.54, 1.807) is 0 Å². The van der Waals surface area contributed by atoms with Gasteiger partial charge in [-0.2, -0.15) is 0 Å². The Morgan fingerprint density at radius 3 is 3.00 bits per heavy atom. The van der Waals surface area contributed by atoms with Crippen molar-refractivity contribution in [1.29, 1.82) is 0 Å². The number of aromatic nitrogens is 2. The van der Waals surface area contributed by atoms with Crippen LogP contribution in [0.5, 0.6) is 0 Å². The van der Waals surface area contributed by atoms with Crippen molar-refractivity contribution >= 4 is 11.0 Å². The van der Waals surface area contributed by atoms with Gasteiger partial charge in [-0.25, -0.2) is 4.98 Å². The number of hydrogen-bond acceptors (Lipinski definition) is 3. The summed E-state index contributed by atoms with van der Waals surface area (Å²) in [6.45, 7) is 0.944. The van der Waals surface area contributed by atoms with Crippen molar-refractivity contribution in [1.82, 2.24) is 14.9 Å². The fourth-order valence-electron chi connectivity index (χ4n) is 3.21. The molecule has 1 N–H and O–H groups in total. The second-order valence-electron chi connectivity index (χ2n) is 5.98. The van der Waals surface area contributed by atoms with Crippen LogP contribution < -0.4 is 5.32 Å². The molecule has 4 nitrogen and oxygen atoms in total. The van der Waals surface area contributed by atoms with Crippen molar-refractivity contribution < 1.29 is 4.74 Å². The number of imidazole rings is 1. The molecular weight excluding hydrogens is 262 g/mol. The van der Waals surface area contributed by atoms with Crippen LogP contribution in [0.2, 0.25) is 0 Å². The van der Waals surface area contributed by atoms with E-state index in [0.29, 0.717) is 12.1 Å². The molecule has 2 unspecified atom stereocenters. The predicted molar refractivity (Wildman–Crippen MR) is 85.5 cm³/mol. The van der Waals surface area contributed by atoms with Gasteiger partial charge in [-0.1, -0.05) is 12.1 Å². The Labute approximate surface area is 126 Å². The summed E-state index contributed by atoms with van der Waals surface area (Å²) >= 11 is 0. The Morgan fingerprint density at radius 2 is 2.29 bits per heavy atom. The van der Waals surface area contributed by atoms with Crippen LogP contribution in [-0.2, 0) is 18.2 Å². The van der Waals surface area contributed by atoms with Crippen molar-refractivity contribution in [2.45, 2.75) is 44.2 Å². The maximum Gasteiger partial charge on any atom is 0.111 e. The highest BCUT2D eigenvalue weighted by Gasteiger charge is 2.19. The first kappa shape index (κ1) is 14.5. The lowest BCUT2D eigenvalue weighted by Gasteiger charge is -2.18. The van der Waals surface area contributed by atoms with E-state index in [1.807, 2.05) is 13.1 Å². The monoisotopic (exact) mass is 287 g/mol. The van der Waals surface area contributed by atoms with Crippen LogP contribution >= 0.6 is 0 Å². The zero-order valence-corrected chi connectivity index (χ0v) is 13.0. The maximum atomic E-state index is 5.72. The molecule has 1 aliphatic heterocycles. The number of fused-ring (bicyclic) bond motifs is 1. The number of para-hydroxylation sites is 2. The van der Waals surface area contributed by atoms with Crippen molar-refractivity contribution in [3.05, 3.63) is 30.1 Å². The topological polar surface area (TPSA) is 39.1 Å². The highest BCUT2D eigenvalue weighted by molar-refractivity contribution is 5.75. The van der Waals surface area contributed by atoms with Gasteiger partial charge in [0.25, 0.3) is 0 Å². The summed E-state index contributed by atoms with van der Waals surface area (Å²) in [6.07, 6.45) is 6.18. The van der Waals surface area contributed by atoms with Crippen LogP contribution in [0.25, 0.3) is 11.0 Å². The third kappa shape index (κ3) is 3.27. The maximum absolute atomic E-state index is 5.72. The number of benzene rings is 1. The van der Waals surface area contributed by atoms with Gasteiger partial charge in [0.05, 0.1) is 17.1 Å². The molecule has 4 heteroatoms. The van der Waals surface area contributed by atoms with Gasteiger partial charge in [0.15, 0.2) is 0 Å². The quantitative estimate of drug-likeness (QED) is 0.888. The minimum atomic E-state index is 0.463. The summed E-state index contributed by atoms with van der Waals surface area (Å²) in [5, 5.41) is 3.44. The second-order valence-corrected chi connectivity index (χ2v) is 5.98. The van der Waals surface area contributed by atoms with E-state index in [1.165, 1.54) is 18.4 Å². The van der Waals surface area contributed by atoms with Crippen LogP contribution in [0.1, 0.15) is 31.5 Å². The number of nitrogens with one attached hydrogen (secondary N) is 1. The molecule has 0 saturated carbocycles. The van der Waals surface area contributed by atoms with E-state index >= 15 is 0 Å². The van der Waals surface area contributed by atoms with E-state index in [0.717, 1.165) is 37.2 Å². The van der Waals surface area contributed by atoms with Gasteiger partial charge in [-0.05, 0) is 44.9 Å². The number of nitrogens with zero attached hydrogens (tertiary/aromatic N) is 2. The number of ether oxygens (including phenoxy) is 1. The molecule has 0 amide bonds. The van der Waals surface area contributed by atoms with Gasteiger partial charge in [0.2, 0.25) is 0 Å². The molecule has 1 aliphatic rings. The average Bonchev–Trinajstić information content (AvgIpc) is 3.13. The molecule has 2 aromatic rings. The predicted octanol–water partition coefficient (Wildman–Crippen LogP) is 2.66. The smallest absolute Gasteiger partial charge is 0.111 e. The van der Waals surface area contributed by atoms with Crippen molar-refractivity contribution in [2.75, 3.05) is 13.7 Å². The lowest BCUT2D eigenvalue weighted by Crippen LogP contribution is -2.29. The summed E-state index contributed by atoms with van der Waals surface area (Å²) in [6, 6.07) is 8.80. The lowest BCUT2D eigenvalue weighted by atomic mass is 10.0. The summed E-state index contributed by atoms with van der Waals surface area (Å²) in [4.78, 5) is 4.77. The van der Waals surface area contributed by atoms with Crippen molar-refractivity contribution in [3.8, 4) is 0 Å². The van der Waals surface area contributed by atoms with E-state index in [2.05, 4.69) is 35.1 Å². The standard InChI is InChI=1S/C17H25N3O/c1-18-13(9-10-14-6-5-11-21-14)12-17-19-15-7-3-4-8-16(15)20(17)2/h3-4,7-8,13-14,18H,5-6,9-12H2,1-2H3. The van der Waals surface area contributed by atoms with Crippen LogP contribution in [0, 0.1) is 0 Å². The van der Waals surface area contributed by atoms with Crippen molar-refractivity contribution in [3.63, 3.8) is 0 Å². The Balaban J connectivity index is 1.65. The SMILES string of the molecule is CNC(CCC1CCCO1)Cc1nc2ccccc2n1C. The molecule has 0 bridgehead atoms. The van der Waals surface area contributed by atoms with E-state index < -0.39 is 0 Å². The van der Waals surface area contributed by atoms with Gasteiger partial charge in [0, 0.05) is 26.1 Å². The van der Waals surface area contributed by atoms with E-state index in [4.69, 9.17) is 9.72 Å². The molecule has 3 rings (SSSR count). The Hall–Kier alpha value is -1.39. The van der Waals surface area contributed by atoms with E-state index in [-0.39, 0.29) is 0 Å². The van der Waals surface area contributed by atoms with Gasteiger partial charge < -0.3 is 14.6 Å². The largest absolute Gasteiger partial charge is 0.378 e. The molecular formula is C17H25N3O. The van der Waals surface area contributed by atoms with Gasteiger partial charge in [-0.15, -0.1) is 0 Å². The van der Waals surface area contributed by atoms with Crippen molar-refractivity contribution in [2.24, 2.45) is 7.05 Å². The third-order valence-electron chi connectivity index (χ3n) is 4.58. The molecule has 2 heterocycles.